The van der Waals surface area contributed by atoms with Crippen LogP contribution in [-0.4, -0.2) is 11.5 Å². The third-order valence-corrected chi connectivity index (χ3v) is 14.6. The molecule has 2 heteroatoms. The average Bonchev–Trinajstić information content (AvgIpc) is 3.64. The fraction of sp³-hybridized carbons (Fsp3) is 0.148. The highest BCUT2D eigenvalue weighted by Gasteiger charge is 2.57. The summed E-state index contributed by atoms with van der Waals surface area (Å²) in [4.78, 5) is 11.3. The molecule has 0 amide bonds. The number of benzene rings is 7. The van der Waals surface area contributed by atoms with Crippen LogP contribution in [0.2, 0.25) is 0 Å². The lowest BCUT2D eigenvalue weighted by atomic mass is 9.49. The number of hydrogen-bond acceptors (Lipinski definition) is 2. The Bertz CT molecular complexity index is 3180. The van der Waals surface area contributed by atoms with Gasteiger partial charge < -0.3 is 0 Å². The van der Waals surface area contributed by atoms with Crippen molar-refractivity contribution in [2.24, 2.45) is 15.9 Å². The predicted molar refractivity (Wildman–Crippen MR) is 263 cm³/mol. The number of rotatable bonds is 5. The molecule has 63 heavy (non-hydrogen) atoms. The third kappa shape index (κ3) is 5.70. The summed E-state index contributed by atoms with van der Waals surface area (Å²) in [5.41, 5.74) is 18.0. The lowest BCUT2D eigenvalue weighted by Gasteiger charge is -2.52. The first-order valence-electron chi connectivity index (χ1n) is 22.7. The van der Waals surface area contributed by atoms with E-state index in [-0.39, 0.29) is 5.92 Å². The van der Waals surface area contributed by atoms with E-state index in [1.807, 2.05) is 0 Å². The van der Waals surface area contributed by atoms with Crippen LogP contribution in [0.4, 0.5) is 0 Å². The molecule has 0 N–H and O–H groups in total. The van der Waals surface area contributed by atoms with Crippen molar-refractivity contribution in [2.45, 2.75) is 49.9 Å². The Labute approximate surface area is 370 Å². The van der Waals surface area contributed by atoms with E-state index in [9.17, 15) is 0 Å². The second kappa shape index (κ2) is 15.0. The number of hydrogen-bond donors (Lipinski definition) is 0. The largest absolute Gasteiger partial charge is 0.233 e. The molecule has 2 nitrogen and oxygen atoms in total. The van der Waals surface area contributed by atoms with E-state index in [4.69, 9.17) is 9.98 Å². The van der Waals surface area contributed by atoms with Gasteiger partial charge in [0, 0.05) is 5.56 Å². The Morgan fingerprint density at radius 1 is 0.508 bits per heavy atom. The molecule has 7 aromatic carbocycles. The summed E-state index contributed by atoms with van der Waals surface area (Å²) in [6, 6.07) is 61.9. The van der Waals surface area contributed by atoms with Crippen molar-refractivity contribution in [3.8, 4) is 11.1 Å². The van der Waals surface area contributed by atoms with E-state index >= 15 is 0 Å². The molecular weight excluding hydrogens is 761 g/mol. The van der Waals surface area contributed by atoms with Crippen molar-refractivity contribution in [1.29, 1.82) is 0 Å². The van der Waals surface area contributed by atoms with Gasteiger partial charge >= 0.3 is 0 Å². The summed E-state index contributed by atoms with van der Waals surface area (Å²) < 4.78 is 0. The summed E-state index contributed by atoms with van der Waals surface area (Å²) >= 11 is 0. The van der Waals surface area contributed by atoms with Crippen LogP contribution in [0.3, 0.4) is 0 Å². The topological polar surface area (TPSA) is 24.7 Å². The van der Waals surface area contributed by atoms with E-state index < -0.39 is 10.8 Å². The summed E-state index contributed by atoms with van der Waals surface area (Å²) in [5.74, 6) is 0.994. The van der Waals surface area contributed by atoms with Gasteiger partial charge in [-0.05, 0) is 135 Å². The molecule has 4 aliphatic carbocycles. The van der Waals surface area contributed by atoms with Gasteiger partial charge in [-0.2, -0.15) is 0 Å². The number of fused-ring (bicyclic) bond motifs is 10. The third-order valence-electron chi connectivity index (χ3n) is 14.6. The quantitative estimate of drug-likeness (QED) is 0.165. The van der Waals surface area contributed by atoms with Crippen molar-refractivity contribution in [2.75, 3.05) is 0 Å². The molecule has 0 saturated carbocycles. The molecule has 12 rings (SSSR count). The molecule has 2 unspecified atom stereocenters. The van der Waals surface area contributed by atoms with Crippen molar-refractivity contribution in [1.82, 2.24) is 0 Å². The zero-order chi connectivity index (χ0) is 42.0. The van der Waals surface area contributed by atoms with Crippen LogP contribution in [0.5, 0.6) is 0 Å². The first-order chi connectivity index (χ1) is 31.2. The Hall–Kier alpha value is -7.16. The Morgan fingerprint density at radius 3 is 1.94 bits per heavy atom. The molecule has 1 aliphatic heterocycles. The molecule has 2 atom stereocenters. The standard InChI is InChI=1S/C61H48N2/c1-41-33-38-57(45-35-34-42-19-11-12-22-44(42)39-45)62-59(43-20-5-2-6-21-43)63-58(41)46-36-37-55-56(40-46)60(47-23-7-3-8-24-47,48-25-9-4-10-26-48)53-31-17-18-32-54(53)61(55)51-29-15-13-27-49(51)50-28-14-16-30-52(50)61/h2-5,7-20,22-25,27-32,34-37,39-40,48H,6,21,26,33,38H2,1H3/b58-41+,62-57?,63-59?. The van der Waals surface area contributed by atoms with E-state index in [0.717, 1.165) is 54.9 Å². The summed E-state index contributed by atoms with van der Waals surface area (Å²) in [7, 11) is 0. The van der Waals surface area contributed by atoms with Gasteiger partial charge in [0.25, 0.3) is 0 Å². The van der Waals surface area contributed by atoms with Crippen LogP contribution in [0.1, 0.15) is 89.1 Å². The second-order valence-electron chi connectivity index (χ2n) is 17.8. The number of nitrogens with zero attached hydrogens (tertiary/aromatic N) is 2. The SMILES string of the molecule is C/C1=C(/c2ccc3c(c2)C(c2ccccc2)(C2C=CC=CC2)c2ccccc2C32c3ccccc3-c3ccccc32)N=C(C2=CC=CCC2)N=C(c2ccc3ccccc3c2)CC1. The smallest absolute Gasteiger partial charge is 0.155 e. The van der Waals surface area contributed by atoms with Crippen LogP contribution in [-0.2, 0) is 10.8 Å². The van der Waals surface area contributed by atoms with Crippen LogP contribution in [0, 0.1) is 5.92 Å². The summed E-state index contributed by atoms with van der Waals surface area (Å²) in [5, 5.41) is 2.48. The fourth-order valence-electron chi connectivity index (χ4n) is 11.8. The average molecular weight is 809 g/mol. The lowest BCUT2D eigenvalue weighted by molar-refractivity contribution is 0.422. The maximum absolute atomic E-state index is 5.72. The fourth-order valence-corrected chi connectivity index (χ4v) is 11.8. The van der Waals surface area contributed by atoms with Gasteiger partial charge in [0.05, 0.1) is 22.2 Å². The monoisotopic (exact) mass is 808 g/mol. The van der Waals surface area contributed by atoms with E-state index in [1.165, 1.54) is 77.6 Å². The molecule has 0 fully saturated rings. The Morgan fingerprint density at radius 2 is 1.19 bits per heavy atom. The minimum atomic E-state index is -0.513. The van der Waals surface area contributed by atoms with Crippen molar-refractivity contribution >= 4 is 28.0 Å². The van der Waals surface area contributed by atoms with Crippen LogP contribution >= 0.6 is 0 Å². The molecule has 7 aromatic rings. The van der Waals surface area contributed by atoms with Crippen LogP contribution in [0.15, 0.2) is 227 Å². The normalized spacial score (nSPS) is 21.7. The van der Waals surface area contributed by atoms with Gasteiger partial charge in [-0.15, -0.1) is 0 Å². The molecular formula is C61H48N2. The highest BCUT2D eigenvalue weighted by Crippen LogP contribution is 2.65. The minimum absolute atomic E-state index is 0.170. The molecule has 0 bridgehead atoms. The summed E-state index contributed by atoms with van der Waals surface area (Å²) in [6.07, 6.45) is 20.5. The van der Waals surface area contributed by atoms with Crippen molar-refractivity contribution in [3.05, 3.63) is 268 Å². The Kier molecular flexibility index (Phi) is 8.97. The van der Waals surface area contributed by atoms with Gasteiger partial charge in [0.1, 0.15) is 0 Å². The second-order valence-corrected chi connectivity index (χ2v) is 17.8. The van der Waals surface area contributed by atoms with E-state index in [1.54, 1.807) is 0 Å². The van der Waals surface area contributed by atoms with Gasteiger partial charge in [0.2, 0.25) is 0 Å². The van der Waals surface area contributed by atoms with Crippen molar-refractivity contribution in [3.63, 3.8) is 0 Å². The highest BCUT2D eigenvalue weighted by atomic mass is 14.9. The van der Waals surface area contributed by atoms with E-state index in [2.05, 4.69) is 213 Å². The predicted octanol–water partition coefficient (Wildman–Crippen LogP) is 14.7. The first-order valence-corrected chi connectivity index (χ1v) is 22.7. The van der Waals surface area contributed by atoms with Crippen molar-refractivity contribution < 1.29 is 0 Å². The number of allylic oxidation sites excluding steroid dienone is 8. The minimum Gasteiger partial charge on any atom is -0.233 e. The number of amidine groups is 1. The maximum atomic E-state index is 5.72. The number of aliphatic imine (C=N–C) groups is 2. The molecule has 0 saturated heterocycles. The maximum Gasteiger partial charge on any atom is 0.155 e. The molecule has 5 aliphatic rings. The molecule has 1 heterocycles. The van der Waals surface area contributed by atoms with Gasteiger partial charge in [-0.1, -0.05) is 194 Å². The van der Waals surface area contributed by atoms with Gasteiger partial charge in [-0.3, -0.25) is 0 Å². The van der Waals surface area contributed by atoms with E-state index in [0.29, 0.717) is 0 Å². The molecule has 1 spiro atoms. The summed E-state index contributed by atoms with van der Waals surface area (Å²) in [6.45, 7) is 2.30. The van der Waals surface area contributed by atoms with Crippen LogP contribution in [0.25, 0.3) is 27.6 Å². The highest BCUT2D eigenvalue weighted by molar-refractivity contribution is 6.15. The van der Waals surface area contributed by atoms with Gasteiger partial charge in [-0.25, -0.2) is 9.98 Å². The molecule has 302 valence electrons. The first kappa shape index (κ1) is 37.6. The zero-order valence-corrected chi connectivity index (χ0v) is 35.6. The van der Waals surface area contributed by atoms with Crippen LogP contribution < -0.4 is 0 Å². The lowest BCUT2D eigenvalue weighted by Crippen LogP contribution is -2.47. The molecule has 0 radical (unpaired) electrons. The Balaban J connectivity index is 1.14. The van der Waals surface area contributed by atoms with Gasteiger partial charge in [0.15, 0.2) is 5.84 Å². The zero-order valence-electron chi connectivity index (χ0n) is 35.6. The molecule has 0 aromatic heterocycles.